The van der Waals surface area contributed by atoms with Crippen molar-refractivity contribution >= 4 is 0 Å². The maximum atomic E-state index is 8.49. The summed E-state index contributed by atoms with van der Waals surface area (Å²) in [7, 11) is 0. The van der Waals surface area contributed by atoms with Crippen LogP contribution in [-0.4, -0.2) is 24.5 Å². The number of rotatable bonds is 2. The van der Waals surface area contributed by atoms with Crippen LogP contribution in [0.25, 0.3) is 0 Å². The standard InChI is InChI=1S/C11H20N2/c1-11(2)5-3-8-13(10-6-11)9-4-7-12/h3-6,8-10H2,1-2H3. The zero-order chi connectivity index (χ0) is 9.73. The molecule has 1 fully saturated rings. The molecule has 0 atom stereocenters. The van der Waals surface area contributed by atoms with Crippen LogP contribution in [0.4, 0.5) is 0 Å². The van der Waals surface area contributed by atoms with Crippen LogP contribution in [0.1, 0.15) is 39.5 Å². The first-order chi connectivity index (χ1) is 6.14. The van der Waals surface area contributed by atoms with Crippen LogP contribution >= 0.6 is 0 Å². The van der Waals surface area contributed by atoms with Gasteiger partial charge in [0.15, 0.2) is 0 Å². The van der Waals surface area contributed by atoms with Gasteiger partial charge in [-0.25, -0.2) is 0 Å². The molecule has 2 heteroatoms. The van der Waals surface area contributed by atoms with Crippen molar-refractivity contribution in [3.8, 4) is 6.07 Å². The molecule has 0 aromatic heterocycles. The summed E-state index contributed by atoms with van der Waals surface area (Å²) in [5.41, 5.74) is 0.515. The van der Waals surface area contributed by atoms with Crippen molar-refractivity contribution in [1.82, 2.24) is 4.90 Å². The fraction of sp³-hybridized carbons (Fsp3) is 0.909. The van der Waals surface area contributed by atoms with Crippen molar-refractivity contribution < 1.29 is 0 Å². The Kier molecular flexibility index (Phi) is 3.74. The lowest BCUT2D eigenvalue weighted by Gasteiger charge is -2.22. The lowest BCUT2D eigenvalue weighted by atomic mass is 9.85. The minimum absolute atomic E-state index is 0.515. The molecule has 1 rings (SSSR count). The van der Waals surface area contributed by atoms with Crippen molar-refractivity contribution in [2.45, 2.75) is 39.5 Å². The molecule has 1 aliphatic heterocycles. The molecule has 0 aliphatic carbocycles. The maximum absolute atomic E-state index is 8.49. The zero-order valence-corrected chi connectivity index (χ0v) is 8.84. The molecule has 0 N–H and O–H groups in total. The third kappa shape index (κ3) is 3.78. The van der Waals surface area contributed by atoms with Gasteiger partial charge in [-0.3, -0.25) is 0 Å². The molecule has 74 valence electrons. The third-order valence-electron chi connectivity index (χ3n) is 2.97. The fourth-order valence-electron chi connectivity index (χ4n) is 1.91. The van der Waals surface area contributed by atoms with Gasteiger partial charge in [0, 0.05) is 13.0 Å². The van der Waals surface area contributed by atoms with Crippen LogP contribution in [0.2, 0.25) is 0 Å². The second-order valence-electron chi connectivity index (χ2n) is 4.77. The Morgan fingerprint density at radius 3 is 2.77 bits per heavy atom. The van der Waals surface area contributed by atoms with Crippen molar-refractivity contribution in [3.05, 3.63) is 0 Å². The van der Waals surface area contributed by atoms with E-state index in [0.29, 0.717) is 11.8 Å². The van der Waals surface area contributed by atoms with E-state index in [1.54, 1.807) is 0 Å². The van der Waals surface area contributed by atoms with Crippen LogP contribution in [0, 0.1) is 16.7 Å². The molecule has 0 spiro atoms. The van der Waals surface area contributed by atoms with Gasteiger partial charge >= 0.3 is 0 Å². The minimum Gasteiger partial charge on any atom is -0.302 e. The molecule has 0 aromatic rings. The van der Waals surface area contributed by atoms with Crippen molar-refractivity contribution in [2.75, 3.05) is 19.6 Å². The molecule has 1 saturated heterocycles. The molecule has 13 heavy (non-hydrogen) atoms. The normalized spacial score (nSPS) is 23.5. The molecule has 0 aromatic carbocycles. The number of likely N-dealkylation sites (tertiary alicyclic amines) is 1. The third-order valence-corrected chi connectivity index (χ3v) is 2.97. The van der Waals surface area contributed by atoms with Crippen LogP contribution < -0.4 is 0 Å². The second-order valence-corrected chi connectivity index (χ2v) is 4.77. The Labute approximate surface area is 81.5 Å². The Bertz CT molecular complexity index is 191. The van der Waals surface area contributed by atoms with Gasteiger partial charge < -0.3 is 4.90 Å². The first kappa shape index (κ1) is 10.5. The van der Waals surface area contributed by atoms with E-state index in [0.717, 1.165) is 6.54 Å². The lowest BCUT2D eigenvalue weighted by molar-refractivity contribution is 0.267. The molecule has 1 heterocycles. The quantitative estimate of drug-likeness (QED) is 0.652. The summed E-state index contributed by atoms with van der Waals surface area (Å²) >= 11 is 0. The van der Waals surface area contributed by atoms with E-state index in [2.05, 4.69) is 24.8 Å². The first-order valence-corrected chi connectivity index (χ1v) is 5.23. The van der Waals surface area contributed by atoms with Crippen molar-refractivity contribution in [1.29, 1.82) is 5.26 Å². The van der Waals surface area contributed by atoms with Gasteiger partial charge in [-0.1, -0.05) is 13.8 Å². The van der Waals surface area contributed by atoms with Crippen molar-refractivity contribution in [3.63, 3.8) is 0 Å². The topological polar surface area (TPSA) is 27.0 Å². The number of nitrogens with zero attached hydrogens (tertiary/aromatic N) is 2. The molecule has 0 unspecified atom stereocenters. The monoisotopic (exact) mass is 180 g/mol. The minimum atomic E-state index is 0.515. The largest absolute Gasteiger partial charge is 0.302 e. The molecule has 2 nitrogen and oxygen atoms in total. The van der Waals surface area contributed by atoms with E-state index in [9.17, 15) is 0 Å². The molecule has 0 bridgehead atoms. The van der Waals surface area contributed by atoms with Crippen molar-refractivity contribution in [2.24, 2.45) is 5.41 Å². The van der Waals surface area contributed by atoms with E-state index >= 15 is 0 Å². The molecular weight excluding hydrogens is 160 g/mol. The highest BCUT2D eigenvalue weighted by molar-refractivity contribution is 4.78. The summed E-state index contributed by atoms with van der Waals surface area (Å²) in [5, 5.41) is 8.49. The van der Waals surface area contributed by atoms with Gasteiger partial charge in [-0.15, -0.1) is 0 Å². The summed E-state index contributed by atoms with van der Waals surface area (Å²) < 4.78 is 0. The average molecular weight is 180 g/mol. The van der Waals surface area contributed by atoms with Gasteiger partial charge in [0.1, 0.15) is 0 Å². The highest BCUT2D eigenvalue weighted by atomic mass is 15.1. The van der Waals surface area contributed by atoms with Gasteiger partial charge in [-0.05, 0) is 37.8 Å². The highest BCUT2D eigenvalue weighted by Crippen LogP contribution is 2.29. The molecular formula is C11H20N2. The Morgan fingerprint density at radius 2 is 2.08 bits per heavy atom. The van der Waals surface area contributed by atoms with E-state index in [1.807, 2.05) is 0 Å². The molecule has 0 amide bonds. The predicted octanol–water partition coefficient (Wildman–Crippen LogP) is 2.41. The molecule has 0 radical (unpaired) electrons. The van der Waals surface area contributed by atoms with E-state index in [-0.39, 0.29) is 0 Å². The van der Waals surface area contributed by atoms with Crippen LogP contribution in [0.5, 0.6) is 0 Å². The van der Waals surface area contributed by atoms with Crippen LogP contribution in [0.3, 0.4) is 0 Å². The summed E-state index contributed by atoms with van der Waals surface area (Å²) in [4.78, 5) is 2.43. The first-order valence-electron chi connectivity index (χ1n) is 5.23. The second kappa shape index (κ2) is 4.62. The summed E-state index contributed by atoms with van der Waals surface area (Å²) in [6.45, 7) is 8.02. The molecule has 1 aliphatic rings. The maximum Gasteiger partial charge on any atom is 0.0635 e. The fourth-order valence-corrected chi connectivity index (χ4v) is 1.91. The highest BCUT2D eigenvalue weighted by Gasteiger charge is 2.22. The predicted molar refractivity (Wildman–Crippen MR) is 54.3 cm³/mol. The number of hydrogen-bond donors (Lipinski definition) is 0. The van der Waals surface area contributed by atoms with E-state index in [4.69, 9.17) is 5.26 Å². The Hall–Kier alpha value is -0.550. The summed E-state index contributed by atoms with van der Waals surface area (Å²) in [6, 6.07) is 2.21. The van der Waals surface area contributed by atoms with Gasteiger partial charge in [0.2, 0.25) is 0 Å². The van der Waals surface area contributed by atoms with Crippen LogP contribution in [-0.2, 0) is 0 Å². The summed E-state index contributed by atoms with van der Waals surface area (Å²) in [6.07, 6.45) is 4.58. The lowest BCUT2D eigenvalue weighted by Crippen LogP contribution is -2.26. The smallest absolute Gasteiger partial charge is 0.0635 e. The van der Waals surface area contributed by atoms with Crippen LogP contribution in [0.15, 0.2) is 0 Å². The average Bonchev–Trinajstić information content (AvgIpc) is 2.23. The summed E-state index contributed by atoms with van der Waals surface area (Å²) in [5.74, 6) is 0. The van der Waals surface area contributed by atoms with Gasteiger partial charge in [0.25, 0.3) is 0 Å². The Balaban J connectivity index is 2.33. The number of hydrogen-bond acceptors (Lipinski definition) is 2. The van der Waals surface area contributed by atoms with E-state index in [1.165, 1.54) is 32.4 Å². The zero-order valence-electron chi connectivity index (χ0n) is 8.84. The number of nitriles is 1. The SMILES string of the molecule is CC1(C)CCCN(CCC#N)CC1. The van der Waals surface area contributed by atoms with Gasteiger partial charge in [0.05, 0.1) is 6.07 Å². The van der Waals surface area contributed by atoms with E-state index < -0.39 is 0 Å². The van der Waals surface area contributed by atoms with Gasteiger partial charge in [-0.2, -0.15) is 5.26 Å². The Morgan fingerprint density at radius 1 is 1.31 bits per heavy atom. The molecule has 0 saturated carbocycles.